The van der Waals surface area contributed by atoms with Crippen LogP contribution in [0, 0.1) is 0 Å². The Bertz CT molecular complexity index is 1080. The summed E-state index contributed by atoms with van der Waals surface area (Å²) >= 11 is 13.6. The lowest BCUT2D eigenvalue weighted by atomic mass is 10.2. The van der Waals surface area contributed by atoms with Gasteiger partial charge < -0.3 is 10.4 Å². The number of halogens is 2. The van der Waals surface area contributed by atoms with Crippen molar-refractivity contribution in [1.29, 1.82) is 0 Å². The summed E-state index contributed by atoms with van der Waals surface area (Å²) in [6.45, 7) is 0.650. The van der Waals surface area contributed by atoms with E-state index in [0.29, 0.717) is 16.6 Å². The van der Waals surface area contributed by atoms with Gasteiger partial charge in [-0.3, -0.25) is 0 Å². The number of phenols is 1. The van der Waals surface area contributed by atoms with Gasteiger partial charge in [-0.25, -0.2) is 4.98 Å². The van der Waals surface area contributed by atoms with Gasteiger partial charge >= 0.3 is 0 Å². The van der Waals surface area contributed by atoms with E-state index in [1.54, 1.807) is 29.5 Å². The van der Waals surface area contributed by atoms with Crippen molar-refractivity contribution in [1.82, 2.24) is 4.98 Å². The third-order valence-electron chi connectivity index (χ3n) is 3.98. The lowest BCUT2D eigenvalue weighted by Crippen LogP contribution is -1.99. The van der Waals surface area contributed by atoms with Crippen molar-refractivity contribution in [2.75, 3.05) is 5.32 Å². The van der Waals surface area contributed by atoms with Crippen LogP contribution in [0.15, 0.2) is 60.7 Å². The Hall–Kier alpha value is -2.27. The van der Waals surface area contributed by atoms with Crippen LogP contribution in [0.1, 0.15) is 5.56 Å². The molecule has 0 aliphatic heterocycles. The number of thiazole rings is 1. The Morgan fingerprint density at radius 3 is 2.50 bits per heavy atom. The number of phenolic OH excluding ortho intramolecular Hbond substituents is 1. The summed E-state index contributed by atoms with van der Waals surface area (Å²) in [5.74, 6) is 0.253. The second kappa shape index (κ2) is 7.16. The van der Waals surface area contributed by atoms with E-state index < -0.39 is 0 Å². The summed E-state index contributed by atoms with van der Waals surface area (Å²) in [6, 6.07) is 18.8. The Labute approximate surface area is 164 Å². The van der Waals surface area contributed by atoms with Crippen molar-refractivity contribution in [3.63, 3.8) is 0 Å². The minimum Gasteiger partial charge on any atom is -0.508 e. The van der Waals surface area contributed by atoms with Crippen LogP contribution in [0.2, 0.25) is 10.0 Å². The van der Waals surface area contributed by atoms with Gasteiger partial charge in [0.05, 0.1) is 20.3 Å². The largest absolute Gasteiger partial charge is 0.508 e. The molecule has 0 amide bonds. The molecule has 0 unspecified atom stereocenters. The van der Waals surface area contributed by atoms with E-state index in [1.807, 2.05) is 36.4 Å². The Morgan fingerprint density at radius 1 is 0.923 bits per heavy atom. The van der Waals surface area contributed by atoms with Crippen molar-refractivity contribution >= 4 is 50.4 Å². The van der Waals surface area contributed by atoms with Crippen molar-refractivity contribution in [2.24, 2.45) is 0 Å². The van der Waals surface area contributed by atoms with Crippen LogP contribution in [0.5, 0.6) is 5.75 Å². The topological polar surface area (TPSA) is 45.2 Å². The Balaban J connectivity index is 1.55. The fourth-order valence-electron chi connectivity index (χ4n) is 2.62. The van der Waals surface area contributed by atoms with Gasteiger partial charge in [0.2, 0.25) is 0 Å². The van der Waals surface area contributed by atoms with E-state index in [1.165, 1.54) is 0 Å². The van der Waals surface area contributed by atoms with Gasteiger partial charge in [0.15, 0.2) is 0 Å². The highest BCUT2D eigenvalue weighted by Gasteiger charge is 2.07. The zero-order valence-corrected chi connectivity index (χ0v) is 15.9. The molecular formula is C20H14Cl2N2OS. The molecule has 0 aliphatic rings. The van der Waals surface area contributed by atoms with Gasteiger partial charge in [-0.05, 0) is 60.2 Å². The fourth-order valence-corrected chi connectivity index (χ4v) is 3.89. The van der Waals surface area contributed by atoms with Crippen LogP contribution in [0.25, 0.3) is 20.8 Å². The highest BCUT2D eigenvalue weighted by Crippen LogP contribution is 2.32. The number of hydrogen-bond donors (Lipinski definition) is 2. The maximum absolute atomic E-state index is 9.42. The van der Waals surface area contributed by atoms with Gasteiger partial charge in [0.1, 0.15) is 10.8 Å². The lowest BCUT2D eigenvalue weighted by Gasteiger charge is -2.07. The molecule has 0 radical (unpaired) electrons. The molecule has 0 aliphatic carbocycles. The second-order valence-corrected chi connectivity index (χ2v) is 7.70. The summed E-state index contributed by atoms with van der Waals surface area (Å²) in [5, 5.41) is 14.9. The molecule has 0 spiro atoms. The zero-order chi connectivity index (χ0) is 18.1. The van der Waals surface area contributed by atoms with Gasteiger partial charge in [0.25, 0.3) is 0 Å². The first-order valence-electron chi connectivity index (χ1n) is 7.96. The summed E-state index contributed by atoms with van der Waals surface area (Å²) < 4.78 is 1.12. The van der Waals surface area contributed by atoms with Crippen LogP contribution in [-0.4, -0.2) is 10.1 Å². The number of anilines is 1. The number of rotatable bonds is 4. The van der Waals surface area contributed by atoms with E-state index in [0.717, 1.165) is 32.0 Å². The smallest absolute Gasteiger partial charge is 0.124 e. The summed E-state index contributed by atoms with van der Waals surface area (Å²) in [5.41, 5.74) is 3.99. The standard InChI is InChI=1S/C20H14Cl2N2OS/c21-16-7-1-12(9-17(16)22)11-23-14-4-8-19-18(10-14)24-20(26-19)13-2-5-15(25)6-3-13/h1-10,23,25H,11H2. The Kier molecular flexibility index (Phi) is 4.72. The first-order chi connectivity index (χ1) is 12.6. The van der Waals surface area contributed by atoms with Crippen molar-refractivity contribution in [2.45, 2.75) is 6.54 Å². The quantitative estimate of drug-likeness (QED) is 0.406. The van der Waals surface area contributed by atoms with Crippen molar-refractivity contribution < 1.29 is 5.11 Å². The normalized spacial score (nSPS) is 11.0. The lowest BCUT2D eigenvalue weighted by molar-refractivity contribution is 0.475. The molecule has 0 fully saturated rings. The molecule has 0 saturated heterocycles. The molecule has 0 bridgehead atoms. The zero-order valence-electron chi connectivity index (χ0n) is 13.5. The fraction of sp³-hybridized carbons (Fsp3) is 0.0500. The third-order valence-corrected chi connectivity index (χ3v) is 5.81. The number of aromatic nitrogens is 1. The highest BCUT2D eigenvalue weighted by atomic mass is 35.5. The van der Waals surface area contributed by atoms with Crippen molar-refractivity contribution in [3.8, 4) is 16.3 Å². The van der Waals surface area contributed by atoms with Crippen LogP contribution >= 0.6 is 34.5 Å². The first kappa shape index (κ1) is 17.2. The molecule has 6 heteroatoms. The van der Waals surface area contributed by atoms with Crippen LogP contribution in [0.4, 0.5) is 5.69 Å². The summed E-state index contributed by atoms with van der Waals surface area (Å²) in [4.78, 5) is 4.71. The van der Waals surface area contributed by atoms with Crippen LogP contribution < -0.4 is 5.32 Å². The molecule has 0 saturated carbocycles. The second-order valence-electron chi connectivity index (χ2n) is 5.85. The number of benzene rings is 3. The van der Waals surface area contributed by atoms with Gasteiger partial charge in [0, 0.05) is 17.8 Å². The maximum atomic E-state index is 9.42. The SMILES string of the molecule is Oc1ccc(-c2nc3cc(NCc4ccc(Cl)c(Cl)c4)ccc3s2)cc1. The molecule has 2 N–H and O–H groups in total. The van der Waals surface area contributed by atoms with E-state index in [4.69, 9.17) is 28.2 Å². The van der Waals surface area contributed by atoms with Crippen LogP contribution in [-0.2, 0) is 6.54 Å². The Morgan fingerprint density at radius 2 is 1.73 bits per heavy atom. The van der Waals surface area contributed by atoms with Gasteiger partial charge in [-0.1, -0.05) is 29.3 Å². The maximum Gasteiger partial charge on any atom is 0.124 e. The number of aromatic hydroxyl groups is 1. The first-order valence-corrected chi connectivity index (χ1v) is 9.53. The molecule has 0 atom stereocenters. The summed E-state index contributed by atoms with van der Waals surface area (Å²) in [7, 11) is 0. The molecule has 1 aromatic heterocycles. The average molecular weight is 401 g/mol. The van der Waals surface area contributed by atoms with E-state index >= 15 is 0 Å². The minimum atomic E-state index is 0.253. The van der Waals surface area contributed by atoms with E-state index in [2.05, 4.69) is 11.4 Å². The molecule has 3 aromatic carbocycles. The molecule has 3 nitrogen and oxygen atoms in total. The highest BCUT2D eigenvalue weighted by molar-refractivity contribution is 7.21. The molecule has 4 rings (SSSR count). The van der Waals surface area contributed by atoms with E-state index in [-0.39, 0.29) is 5.75 Å². The molecule has 130 valence electrons. The predicted molar refractivity (Wildman–Crippen MR) is 111 cm³/mol. The molecular weight excluding hydrogens is 387 g/mol. The van der Waals surface area contributed by atoms with Crippen molar-refractivity contribution in [3.05, 3.63) is 76.3 Å². The monoisotopic (exact) mass is 400 g/mol. The predicted octanol–water partition coefficient (Wildman–Crippen LogP) is 6.59. The molecule has 26 heavy (non-hydrogen) atoms. The minimum absolute atomic E-state index is 0.253. The molecule has 4 aromatic rings. The average Bonchev–Trinajstić information content (AvgIpc) is 3.06. The number of hydrogen-bond acceptors (Lipinski definition) is 4. The van der Waals surface area contributed by atoms with Gasteiger partial charge in [-0.15, -0.1) is 11.3 Å². The summed E-state index contributed by atoms with van der Waals surface area (Å²) in [6.07, 6.45) is 0. The number of fused-ring (bicyclic) bond motifs is 1. The number of nitrogens with one attached hydrogen (secondary N) is 1. The van der Waals surface area contributed by atoms with Crippen LogP contribution in [0.3, 0.4) is 0 Å². The van der Waals surface area contributed by atoms with E-state index in [9.17, 15) is 5.11 Å². The third kappa shape index (κ3) is 3.63. The number of nitrogens with zero attached hydrogens (tertiary/aromatic N) is 1. The molecule has 1 heterocycles. The van der Waals surface area contributed by atoms with Gasteiger partial charge in [-0.2, -0.15) is 0 Å².